The number of azide groups is 1. The van der Waals surface area contributed by atoms with Gasteiger partial charge in [0.1, 0.15) is 5.52 Å². The Labute approximate surface area is 80.0 Å². The van der Waals surface area contributed by atoms with Crippen molar-refractivity contribution in [1.82, 2.24) is 4.98 Å². The molecule has 2 rings (SSSR count). The van der Waals surface area contributed by atoms with Gasteiger partial charge in [0.15, 0.2) is 11.5 Å². The van der Waals surface area contributed by atoms with Gasteiger partial charge in [0.05, 0.1) is 0 Å². The molecular formula is C9H8N4O. The summed E-state index contributed by atoms with van der Waals surface area (Å²) in [5, 5.41) is 3.48. The summed E-state index contributed by atoms with van der Waals surface area (Å²) in [6.07, 6.45) is 0.755. The van der Waals surface area contributed by atoms with Crippen LogP contribution in [0.5, 0.6) is 0 Å². The van der Waals surface area contributed by atoms with Crippen LogP contribution in [0.15, 0.2) is 27.7 Å². The first-order chi connectivity index (χ1) is 6.83. The van der Waals surface area contributed by atoms with Crippen LogP contribution in [0.3, 0.4) is 0 Å². The Balaban J connectivity index is 2.59. The van der Waals surface area contributed by atoms with E-state index in [1.807, 2.05) is 6.92 Å². The maximum atomic E-state index is 8.26. The predicted molar refractivity (Wildman–Crippen MR) is 52.2 cm³/mol. The van der Waals surface area contributed by atoms with Crippen LogP contribution in [0.2, 0.25) is 0 Å². The molecule has 0 aliphatic rings. The number of benzene rings is 1. The molecule has 0 N–H and O–H groups in total. The molecule has 70 valence electrons. The minimum absolute atomic E-state index is 0.541. The number of aryl methyl sites for hydroxylation is 1. The molecule has 0 atom stereocenters. The third kappa shape index (κ3) is 1.41. The molecule has 1 aromatic heterocycles. The molecule has 2 aromatic rings. The highest BCUT2D eigenvalue weighted by Crippen LogP contribution is 2.22. The van der Waals surface area contributed by atoms with Crippen molar-refractivity contribution in [1.29, 1.82) is 0 Å². The number of aromatic nitrogens is 1. The van der Waals surface area contributed by atoms with Crippen molar-refractivity contribution in [3.05, 3.63) is 34.5 Å². The second-order valence-electron chi connectivity index (χ2n) is 2.80. The van der Waals surface area contributed by atoms with Gasteiger partial charge in [0.2, 0.25) is 0 Å². The summed E-state index contributed by atoms with van der Waals surface area (Å²) in [6.45, 7) is 1.97. The average Bonchev–Trinajstić information content (AvgIpc) is 2.60. The Morgan fingerprint density at radius 3 is 3.14 bits per heavy atom. The Bertz CT molecular complexity index is 511. The number of hydrogen-bond acceptors (Lipinski definition) is 3. The summed E-state index contributed by atoms with van der Waals surface area (Å²) in [5.41, 5.74) is 10.2. The first kappa shape index (κ1) is 8.59. The van der Waals surface area contributed by atoms with Gasteiger partial charge in [-0.1, -0.05) is 18.1 Å². The zero-order chi connectivity index (χ0) is 9.97. The van der Waals surface area contributed by atoms with Crippen molar-refractivity contribution in [3.8, 4) is 0 Å². The van der Waals surface area contributed by atoms with Crippen LogP contribution < -0.4 is 0 Å². The Morgan fingerprint density at radius 2 is 2.43 bits per heavy atom. The van der Waals surface area contributed by atoms with Crippen LogP contribution in [-0.2, 0) is 6.42 Å². The van der Waals surface area contributed by atoms with Gasteiger partial charge in [0.25, 0.3) is 0 Å². The molecule has 0 aliphatic heterocycles. The van der Waals surface area contributed by atoms with Crippen LogP contribution in [0, 0.1) is 0 Å². The lowest BCUT2D eigenvalue weighted by Gasteiger charge is -1.88. The minimum Gasteiger partial charge on any atom is -0.441 e. The highest BCUT2D eigenvalue weighted by molar-refractivity contribution is 5.76. The van der Waals surface area contributed by atoms with E-state index in [0.29, 0.717) is 17.2 Å². The maximum Gasteiger partial charge on any atom is 0.195 e. The average molecular weight is 188 g/mol. The molecular weight excluding hydrogens is 180 g/mol. The van der Waals surface area contributed by atoms with Crippen molar-refractivity contribution < 1.29 is 4.42 Å². The van der Waals surface area contributed by atoms with Crippen molar-refractivity contribution >= 4 is 16.8 Å². The molecule has 0 radical (unpaired) electrons. The lowest BCUT2D eigenvalue weighted by molar-refractivity contribution is 0.538. The molecule has 0 saturated carbocycles. The van der Waals surface area contributed by atoms with Gasteiger partial charge in [0, 0.05) is 17.0 Å². The van der Waals surface area contributed by atoms with Gasteiger partial charge in [-0.3, -0.25) is 0 Å². The van der Waals surface area contributed by atoms with Crippen LogP contribution in [0.4, 0.5) is 5.69 Å². The fourth-order valence-corrected chi connectivity index (χ4v) is 1.23. The van der Waals surface area contributed by atoms with Crippen molar-refractivity contribution in [2.75, 3.05) is 0 Å². The first-order valence-electron chi connectivity index (χ1n) is 4.28. The van der Waals surface area contributed by atoms with Crippen LogP contribution in [0.1, 0.15) is 12.8 Å². The van der Waals surface area contributed by atoms with E-state index in [1.54, 1.807) is 18.2 Å². The lowest BCUT2D eigenvalue weighted by atomic mass is 10.3. The highest BCUT2D eigenvalue weighted by atomic mass is 16.3. The van der Waals surface area contributed by atoms with E-state index in [9.17, 15) is 0 Å². The molecule has 0 amide bonds. The number of nitrogens with zero attached hydrogens (tertiary/aromatic N) is 4. The molecule has 0 aliphatic carbocycles. The van der Waals surface area contributed by atoms with E-state index >= 15 is 0 Å². The molecule has 5 nitrogen and oxygen atoms in total. The van der Waals surface area contributed by atoms with E-state index in [4.69, 9.17) is 9.95 Å². The molecule has 0 fully saturated rings. The third-order valence-electron chi connectivity index (χ3n) is 1.88. The normalized spacial score (nSPS) is 10.1. The third-order valence-corrected chi connectivity index (χ3v) is 1.88. The zero-order valence-corrected chi connectivity index (χ0v) is 7.64. The summed E-state index contributed by atoms with van der Waals surface area (Å²) >= 11 is 0. The van der Waals surface area contributed by atoms with Gasteiger partial charge in [-0.15, -0.1) is 0 Å². The quantitative estimate of drug-likeness (QED) is 0.411. The number of hydrogen-bond donors (Lipinski definition) is 0. The molecule has 1 aromatic carbocycles. The summed E-state index contributed by atoms with van der Waals surface area (Å²) in [7, 11) is 0. The Morgan fingerprint density at radius 1 is 1.57 bits per heavy atom. The SMILES string of the molecule is CCc1nc2ccc(N=[N+]=[N-])cc2o1. The summed E-state index contributed by atoms with van der Waals surface area (Å²) in [4.78, 5) is 6.93. The second kappa shape index (κ2) is 3.40. The number of oxazole rings is 1. The fraction of sp³-hybridized carbons (Fsp3) is 0.222. The zero-order valence-electron chi connectivity index (χ0n) is 7.64. The van der Waals surface area contributed by atoms with Crippen molar-refractivity contribution in [2.24, 2.45) is 5.11 Å². The van der Waals surface area contributed by atoms with Gasteiger partial charge in [-0.25, -0.2) is 4.98 Å². The smallest absolute Gasteiger partial charge is 0.195 e. The molecule has 0 bridgehead atoms. The van der Waals surface area contributed by atoms with Gasteiger partial charge >= 0.3 is 0 Å². The molecule has 14 heavy (non-hydrogen) atoms. The van der Waals surface area contributed by atoms with Gasteiger partial charge < -0.3 is 4.42 Å². The van der Waals surface area contributed by atoms with E-state index in [0.717, 1.165) is 11.9 Å². The van der Waals surface area contributed by atoms with E-state index < -0.39 is 0 Å². The summed E-state index contributed by atoms with van der Waals surface area (Å²) in [6, 6.07) is 5.17. The fourth-order valence-electron chi connectivity index (χ4n) is 1.23. The Hall–Kier alpha value is -2.00. The highest BCUT2D eigenvalue weighted by Gasteiger charge is 2.03. The van der Waals surface area contributed by atoms with Gasteiger partial charge in [-0.05, 0) is 17.7 Å². The van der Waals surface area contributed by atoms with Crippen LogP contribution in [0.25, 0.3) is 21.5 Å². The molecule has 0 unspecified atom stereocenters. The van der Waals surface area contributed by atoms with Crippen LogP contribution >= 0.6 is 0 Å². The molecule has 0 saturated heterocycles. The first-order valence-corrected chi connectivity index (χ1v) is 4.28. The van der Waals surface area contributed by atoms with Gasteiger partial charge in [-0.2, -0.15) is 0 Å². The monoisotopic (exact) mass is 188 g/mol. The predicted octanol–water partition coefficient (Wildman–Crippen LogP) is 3.33. The molecule has 0 spiro atoms. The van der Waals surface area contributed by atoms with Crippen molar-refractivity contribution in [2.45, 2.75) is 13.3 Å². The Kier molecular flexibility index (Phi) is 2.08. The minimum atomic E-state index is 0.541. The maximum absolute atomic E-state index is 8.26. The lowest BCUT2D eigenvalue weighted by Crippen LogP contribution is -1.74. The second-order valence-corrected chi connectivity index (χ2v) is 2.80. The molecule has 5 heteroatoms. The van der Waals surface area contributed by atoms with E-state index in [1.165, 1.54) is 0 Å². The van der Waals surface area contributed by atoms with E-state index in [2.05, 4.69) is 15.0 Å². The topological polar surface area (TPSA) is 74.8 Å². The largest absolute Gasteiger partial charge is 0.441 e. The van der Waals surface area contributed by atoms with Crippen molar-refractivity contribution in [3.63, 3.8) is 0 Å². The summed E-state index contributed by atoms with van der Waals surface area (Å²) in [5.74, 6) is 0.693. The number of fused-ring (bicyclic) bond motifs is 1. The summed E-state index contributed by atoms with van der Waals surface area (Å²) < 4.78 is 5.41. The molecule has 1 heterocycles. The standard InChI is InChI=1S/C9H8N4O/c1-2-9-11-7-4-3-6(12-13-10)5-8(7)14-9/h3-5H,2H2,1H3. The number of rotatable bonds is 2. The van der Waals surface area contributed by atoms with E-state index in [-0.39, 0.29) is 0 Å². The van der Waals surface area contributed by atoms with Crippen LogP contribution in [-0.4, -0.2) is 4.98 Å².